The first-order chi connectivity index (χ1) is 11.2. The molecule has 0 aliphatic carbocycles. The topological polar surface area (TPSA) is 77.7 Å². The SMILES string of the molecule is CCN(CC1COc2ccccc2O1)C(=O)c1csc(CN)n1.Cl. The van der Waals surface area contributed by atoms with Crippen molar-refractivity contribution in [3.63, 3.8) is 0 Å². The zero-order valence-corrected chi connectivity index (χ0v) is 14.9. The number of thiazole rings is 1. The molecule has 8 heteroatoms. The Balaban J connectivity index is 0.00000208. The Bertz CT molecular complexity index is 695. The molecule has 1 unspecified atom stereocenters. The fraction of sp³-hybridized carbons (Fsp3) is 0.375. The summed E-state index contributed by atoms with van der Waals surface area (Å²) in [7, 11) is 0. The maximum Gasteiger partial charge on any atom is 0.273 e. The summed E-state index contributed by atoms with van der Waals surface area (Å²) in [5.74, 6) is 1.35. The first kappa shape index (κ1) is 18.5. The van der Waals surface area contributed by atoms with Gasteiger partial charge in [-0.1, -0.05) is 12.1 Å². The maximum atomic E-state index is 12.6. The second kappa shape index (κ2) is 8.32. The minimum atomic E-state index is -0.193. The summed E-state index contributed by atoms with van der Waals surface area (Å²) in [6, 6.07) is 7.55. The number of nitrogens with two attached hydrogens (primary N) is 1. The van der Waals surface area contributed by atoms with Crippen molar-refractivity contribution in [1.82, 2.24) is 9.88 Å². The fourth-order valence-corrected chi connectivity index (χ4v) is 3.07. The molecule has 130 valence electrons. The van der Waals surface area contributed by atoms with E-state index in [4.69, 9.17) is 15.2 Å². The van der Waals surface area contributed by atoms with Crippen molar-refractivity contribution >= 4 is 29.7 Å². The summed E-state index contributed by atoms with van der Waals surface area (Å²) in [6.07, 6.45) is -0.193. The second-order valence-corrected chi connectivity index (χ2v) is 6.11. The van der Waals surface area contributed by atoms with Crippen molar-refractivity contribution in [2.75, 3.05) is 19.7 Å². The summed E-state index contributed by atoms with van der Waals surface area (Å²) in [5, 5.41) is 2.51. The Kier molecular flexibility index (Phi) is 6.42. The zero-order valence-electron chi connectivity index (χ0n) is 13.3. The molecule has 0 saturated carbocycles. The van der Waals surface area contributed by atoms with Gasteiger partial charge in [0.15, 0.2) is 17.6 Å². The molecule has 3 rings (SSSR count). The van der Waals surface area contributed by atoms with Crippen LogP contribution in [0.1, 0.15) is 22.4 Å². The van der Waals surface area contributed by atoms with E-state index in [0.29, 0.717) is 37.7 Å². The molecule has 2 N–H and O–H groups in total. The lowest BCUT2D eigenvalue weighted by Gasteiger charge is -2.30. The van der Waals surface area contributed by atoms with Crippen LogP contribution in [0.4, 0.5) is 0 Å². The summed E-state index contributed by atoms with van der Waals surface area (Å²) in [4.78, 5) is 18.5. The van der Waals surface area contributed by atoms with E-state index in [2.05, 4.69) is 4.98 Å². The molecule has 24 heavy (non-hydrogen) atoms. The van der Waals surface area contributed by atoms with Crippen molar-refractivity contribution in [3.05, 3.63) is 40.3 Å². The van der Waals surface area contributed by atoms with Crippen molar-refractivity contribution in [1.29, 1.82) is 0 Å². The minimum Gasteiger partial charge on any atom is -0.486 e. The van der Waals surface area contributed by atoms with Gasteiger partial charge < -0.3 is 20.1 Å². The average Bonchev–Trinajstić information content (AvgIpc) is 3.08. The molecule has 1 aliphatic heterocycles. The molecule has 2 aromatic rings. The van der Waals surface area contributed by atoms with E-state index in [9.17, 15) is 4.79 Å². The predicted molar refractivity (Wildman–Crippen MR) is 95.2 cm³/mol. The molecule has 1 aromatic carbocycles. The number of ether oxygens (including phenoxy) is 2. The third-order valence-electron chi connectivity index (χ3n) is 3.61. The Hall–Kier alpha value is -1.83. The molecule has 0 radical (unpaired) electrons. The van der Waals surface area contributed by atoms with Crippen LogP contribution in [0.3, 0.4) is 0 Å². The summed E-state index contributed by atoms with van der Waals surface area (Å²) < 4.78 is 11.6. The van der Waals surface area contributed by atoms with E-state index >= 15 is 0 Å². The fourth-order valence-electron chi connectivity index (χ4n) is 2.42. The molecule has 6 nitrogen and oxygen atoms in total. The third-order valence-corrected chi connectivity index (χ3v) is 4.48. The van der Waals surface area contributed by atoms with E-state index in [0.717, 1.165) is 10.8 Å². The third kappa shape index (κ3) is 3.98. The van der Waals surface area contributed by atoms with Crippen LogP contribution in [0, 0.1) is 0 Å². The number of amides is 1. The minimum absolute atomic E-state index is 0. The number of hydrogen-bond donors (Lipinski definition) is 1. The number of halogens is 1. The maximum absolute atomic E-state index is 12.6. The van der Waals surface area contributed by atoms with Gasteiger partial charge in [0, 0.05) is 18.5 Å². The standard InChI is InChI=1S/C16H19N3O3S.ClH/c1-2-19(16(20)12-10-23-15(7-17)18-12)8-11-9-21-13-5-3-4-6-14(13)22-11;/h3-6,10-11H,2,7-9,17H2,1H3;1H. The second-order valence-electron chi connectivity index (χ2n) is 5.17. The van der Waals surface area contributed by atoms with Crippen LogP contribution in [0.25, 0.3) is 0 Å². The van der Waals surface area contributed by atoms with Gasteiger partial charge in [-0.2, -0.15) is 0 Å². The van der Waals surface area contributed by atoms with E-state index in [1.165, 1.54) is 11.3 Å². The van der Waals surface area contributed by atoms with Gasteiger partial charge in [-0.3, -0.25) is 4.79 Å². The Morgan fingerprint density at radius 2 is 2.17 bits per heavy atom. The van der Waals surface area contributed by atoms with Gasteiger partial charge in [0.2, 0.25) is 0 Å². The number of carbonyl (C=O) groups excluding carboxylic acids is 1. The number of carbonyl (C=O) groups is 1. The van der Waals surface area contributed by atoms with Crippen molar-refractivity contribution < 1.29 is 14.3 Å². The molecule has 0 fully saturated rings. The molecule has 1 atom stereocenters. The summed E-state index contributed by atoms with van der Waals surface area (Å²) >= 11 is 1.40. The van der Waals surface area contributed by atoms with Crippen LogP contribution >= 0.6 is 23.7 Å². The number of para-hydroxylation sites is 2. The molecule has 2 heterocycles. The number of fused-ring (bicyclic) bond motifs is 1. The van der Waals surface area contributed by atoms with E-state index in [1.807, 2.05) is 31.2 Å². The molecule has 0 bridgehead atoms. The Morgan fingerprint density at radius 1 is 1.42 bits per heavy atom. The van der Waals surface area contributed by atoms with Crippen LogP contribution in [-0.4, -0.2) is 41.6 Å². The number of rotatable bonds is 5. The monoisotopic (exact) mass is 369 g/mol. The highest BCUT2D eigenvalue weighted by atomic mass is 35.5. The number of likely N-dealkylation sites (N-methyl/N-ethyl adjacent to an activating group) is 1. The first-order valence-electron chi connectivity index (χ1n) is 7.53. The first-order valence-corrected chi connectivity index (χ1v) is 8.41. The van der Waals surface area contributed by atoms with Gasteiger partial charge in [0.25, 0.3) is 5.91 Å². The molecular weight excluding hydrogens is 350 g/mol. The normalized spacial score (nSPS) is 15.5. The van der Waals surface area contributed by atoms with Crippen molar-refractivity contribution in [2.45, 2.75) is 19.6 Å². The van der Waals surface area contributed by atoms with E-state index in [-0.39, 0.29) is 24.4 Å². The van der Waals surface area contributed by atoms with Gasteiger partial charge in [-0.05, 0) is 19.1 Å². The smallest absolute Gasteiger partial charge is 0.273 e. The lowest BCUT2D eigenvalue weighted by molar-refractivity contribution is 0.0471. The van der Waals surface area contributed by atoms with Gasteiger partial charge in [-0.25, -0.2) is 4.98 Å². The molecule has 0 spiro atoms. The molecule has 1 amide bonds. The number of hydrogen-bond acceptors (Lipinski definition) is 6. The van der Waals surface area contributed by atoms with Crippen molar-refractivity contribution in [3.8, 4) is 11.5 Å². The van der Waals surface area contributed by atoms with Crippen LogP contribution < -0.4 is 15.2 Å². The van der Waals surface area contributed by atoms with E-state index < -0.39 is 0 Å². The molecule has 0 saturated heterocycles. The quantitative estimate of drug-likeness (QED) is 0.875. The van der Waals surface area contributed by atoms with Gasteiger partial charge in [-0.15, -0.1) is 23.7 Å². The van der Waals surface area contributed by atoms with Gasteiger partial charge in [0.05, 0.1) is 6.54 Å². The highest BCUT2D eigenvalue weighted by molar-refractivity contribution is 7.09. The van der Waals surface area contributed by atoms with Crippen LogP contribution in [0.5, 0.6) is 11.5 Å². The summed E-state index contributed by atoms with van der Waals surface area (Å²) in [6.45, 7) is 3.74. The largest absolute Gasteiger partial charge is 0.486 e. The van der Waals surface area contributed by atoms with Crippen LogP contribution in [-0.2, 0) is 6.54 Å². The number of aromatic nitrogens is 1. The van der Waals surface area contributed by atoms with Gasteiger partial charge >= 0.3 is 0 Å². The molecular formula is C16H20ClN3O3S. The number of nitrogens with zero attached hydrogens (tertiary/aromatic N) is 2. The Morgan fingerprint density at radius 3 is 2.83 bits per heavy atom. The molecule has 1 aliphatic rings. The highest BCUT2D eigenvalue weighted by Gasteiger charge is 2.26. The zero-order chi connectivity index (χ0) is 16.2. The average molecular weight is 370 g/mol. The van der Waals surface area contributed by atoms with Gasteiger partial charge in [0.1, 0.15) is 17.3 Å². The lowest BCUT2D eigenvalue weighted by atomic mass is 10.2. The van der Waals surface area contributed by atoms with E-state index in [1.54, 1.807) is 10.3 Å². The Labute approximate surface area is 151 Å². The predicted octanol–water partition coefficient (Wildman–Crippen LogP) is 2.33. The molecule has 1 aromatic heterocycles. The van der Waals surface area contributed by atoms with Crippen molar-refractivity contribution in [2.24, 2.45) is 5.73 Å². The summed E-state index contributed by atoms with van der Waals surface area (Å²) in [5.41, 5.74) is 5.99. The van der Waals surface area contributed by atoms with Crippen LogP contribution in [0.15, 0.2) is 29.6 Å². The van der Waals surface area contributed by atoms with Crippen LogP contribution in [0.2, 0.25) is 0 Å². The lowest BCUT2D eigenvalue weighted by Crippen LogP contribution is -2.43. The number of benzene rings is 1. The highest BCUT2D eigenvalue weighted by Crippen LogP contribution is 2.31.